The lowest BCUT2D eigenvalue weighted by Crippen LogP contribution is -2.41. The monoisotopic (exact) mass is 160 g/mol. The van der Waals surface area contributed by atoms with E-state index >= 15 is 0 Å². The largest absolute Gasteiger partial charge is 0.395 e. The summed E-state index contributed by atoms with van der Waals surface area (Å²) in [7, 11) is 1.91. The smallest absolute Gasteiger partial charge is 0.0831 e. The highest BCUT2D eigenvalue weighted by molar-refractivity contribution is 4.86. The van der Waals surface area contributed by atoms with Crippen LogP contribution in [0.5, 0.6) is 0 Å². The molecule has 0 radical (unpaired) electrons. The van der Waals surface area contributed by atoms with Crippen LogP contribution in [0, 0.1) is 0 Å². The fourth-order valence-electron chi connectivity index (χ4n) is 1.42. The minimum atomic E-state index is -0.286. The van der Waals surface area contributed by atoms with Gasteiger partial charge in [-0.1, -0.05) is 0 Å². The molecule has 0 bridgehead atoms. The quantitative estimate of drug-likeness (QED) is 0.458. The Morgan fingerprint density at radius 2 is 2.27 bits per heavy atom. The van der Waals surface area contributed by atoms with Crippen LogP contribution in [0.15, 0.2) is 0 Å². The maximum absolute atomic E-state index is 9.40. The third kappa shape index (κ3) is 2.13. The van der Waals surface area contributed by atoms with E-state index in [-0.39, 0.29) is 18.8 Å². The summed E-state index contributed by atoms with van der Waals surface area (Å²) in [5.41, 5.74) is 0. The van der Waals surface area contributed by atoms with E-state index in [9.17, 15) is 5.11 Å². The van der Waals surface area contributed by atoms with Gasteiger partial charge in [0, 0.05) is 25.7 Å². The highest BCUT2D eigenvalue weighted by atomic mass is 16.3. The SMILES string of the molecule is CN(CCO)[C@H]1CNC[C@@H]1O. The fourth-order valence-corrected chi connectivity index (χ4v) is 1.42. The Hall–Kier alpha value is -0.160. The lowest BCUT2D eigenvalue weighted by Gasteiger charge is -2.24. The normalized spacial score (nSPS) is 31.6. The van der Waals surface area contributed by atoms with Crippen molar-refractivity contribution < 1.29 is 10.2 Å². The Kier molecular flexibility index (Phi) is 3.26. The molecule has 1 rings (SSSR count). The van der Waals surface area contributed by atoms with E-state index in [0.29, 0.717) is 13.1 Å². The molecule has 0 unspecified atom stereocenters. The summed E-state index contributed by atoms with van der Waals surface area (Å²) >= 11 is 0. The highest BCUT2D eigenvalue weighted by Gasteiger charge is 2.27. The standard InChI is InChI=1S/C7H16N2O2/c1-9(2-3-10)6-4-8-5-7(6)11/h6-8,10-11H,2-5H2,1H3/t6-,7-/m0/s1. The van der Waals surface area contributed by atoms with Crippen LogP contribution in [0.1, 0.15) is 0 Å². The first-order chi connectivity index (χ1) is 5.25. The number of rotatable bonds is 3. The van der Waals surface area contributed by atoms with E-state index in [1.165, 1.54) is 0 Å². The van der Waals surface area contributed by atoms with Crippen LogP contribution in [-0.2, 0) is 0 Å². The molecule has 0 aliphatic carbocycles. The van der Waals surface area contributed by atoms with Gasteiger partial charge in [-0.15, -0.1) is 0 Å². The summed E-state index contributed by atoms with van der Waals surface area (Å²) in [6.07, 6.45) is -0.286. The second-order valence-electron chi connectivity index (χ2n) is 3.00. The molecular formula is C7H16N2O2. The zero-order valence-corrected chi connectivity index (χ0v) is 6.82. The molecule has 4 heteroatoms. The van der Waals surface area contributed by atoms with Crippen molar-refractivity contribution in [1.82, 2.24) is 10.2 Å². The van der Waals surface area contributed by atoms with Gasteiger partial charge in [0.05, 0.1) is 12.7 Å². The van der Waals surface area contributed by atoms with Gasteiger partial charge in [-0.25, -0.2) is 0 Å². The molecule has 0 spiro atoms. The molecule has 0 aromatic rings. The second kappa shape index (κ2) is 4.01. The van der Waals surface area contributed by atoms with Crippen molar-refractivity contribution in [2.75, 3.05) is 33.3 Å². The molecule has 0 amide bonds. The fraction of sp³-hybridized carbons (Fsp3) is 1.00. The third-order valence-electron chi connectivity index (χ3n) is 2.17. The average molecular weight is 160 g/mol. The number of aliphatic hydroxyl groups excluding tert-OH is 2. The topological polar surface area (TPSA) is 55.7 Å². The Labute approximate surface area is 66.8 Å². The summed E-state index contributed by atoms with van der Waals surface area (Å²) in [6.45, 7) is 2.27. The van der Waals surface area contributed by atoms with Crippen molar-refractivity contribution in [1.29, 1.82) is 0 Å². The summed E-state index contributed by atoms with van der Waals surface area (Å²) in [5.74, 6) is 0. The number of aliphatic hydroxyl groups is 2. The summed E-state index contributed by atoms with van der Waals surface area (Å²) in [6, 6.07) is 0.169. The molecule has 2 atom stereocenters. The van der Waals surface area contributed by atoms with Crippen molar-refractivity contribution in [2.45, 2.75) is 12.1 Å². The maximum atomic E-state index is 9.40. The molecule has 0 aromatic heterocycles. The Balaban J connectivity index is 2.33. The first-order valence-corrected chi connectivity index (χ1v) is 3.95. The van der Waals surface area contributed by atoms with Gasteiger partial charge in [0.15, 0.2) is 0 Å². The first-order valence-electron chi connectivity index (χ1n) is 3.95. The molecule has 4 nitrogen and oxygen atoms in total. The lowest BCUT2D eigenvalue weighted by atomic mass is 10.2. The number of β-amino-alcohol motifs (C(OH)–C–C–N with tert-alkyl or cyclic N) is 1. The molecule has 66 valence electrons. The molecule has 11 heavy (non-hydrogen) atoms. The average Bonchev–Trinajstić information content (AvgIpc) is 2.36. The summed E-state index contributed by atoms with van der Waals surface area (Å²) < 4.78 is 0. The summed E-state index contributed by atoms with van der Waals surface area (Å²) in [4.78, 5) is 1.98. The zero-order valence-electron chi connectivity index (χ0n) is 6.82. The Bertz CT molecular complexity index is 121. The molecule has 0 aromatic carbocycles. The minimum Gasteiger partial charge on any atom is -0.395 e. The van der Waals surface area contributed by atoms with E-state index in [4.69, 9.17) is 5.11 Å². The predicted octanol–water partition coefficient (Wildman–Crippen LogP) is -1.76. The van der Waals surface area contributed by atoms with Gasteiger partial charge in [0.25, 0.3) is 0 Å². The van der Waals surface area contributed by atoms with Gasteiger partial charge in [0.2, 0.25) is 0 Å². The van der Waals surface area contributed by atoms with Crippen molar-refractivity contribution >= 4 is 0 Å². The van der Waals surface area contributed by atoms with E-state index in [2.05, 4.69) is 5.32 Å². The van der Waals surface area contributed by atoms with Crippen LogP contribution in [0.4, 0.5) is 0 Å². The van der Waals surface area contributed by atoms with E-state index in [1.54, 1.807) is 0 Å². The third-order valence-corrected chi connectivity index (χ3v) is 2.17. The lowest BCUT2D eigenvalue weighted by molar-refractivity contribution is 0.0875. The molecule has 1 aliphatic rings. The maximum Gasteiger partial charge on any atom is 0.0831 e. The number of hydrogen-bond acceptors (Lipinski definition) is 4. The van der Waals surface area contributed by atoms with Gasteiger partial charge >= 0.3 is 0 Å². The Morgan fingerprint density at radius 3 is 2.73 bits per heavy atom. The van der Waals surface area contributed by atoms with E-state index in [0.717, 1.165) is 6.54 Å². The Morgan fingerprint density at radius 1 is 1.55 bits per heavy atom. The zero-order chi connectivity index (χ0) is 8.27. The second-order valence-corrected chi connectivity index (χ2v) is 3.00. The predicted molar refractivity (Wildman–Crippen MR) is 42.4 cm³/mol. The molecule has 3 N–H and O–H groups in total. The van der Waals surface area contributed by atoms with Crippen LogP contribution in [-0.4, -0.2) is 60.5 Å². The van der Waals surface area contributed by atoms with Gasteiger partial charge < -0.3 is 15.5 Å². The van der Waals surface area contributed by atoms with Crippen LogP contribution >= 0.6 is 0 Å². The van der Waals surface area contributed by atoms with Crippen LogP contribution in [0.2, 0.25) is 0 Å². The molecule has 1 heterocycles. The van der Waals surface area contributed by atoms with Crippen molar-refractivity contribution in [3.05, 3.63) is 0 Å². The molecule has 1 fully saturated rings. The van der Waals surface area contributed by atoms with Gasteiger partial charge in [-0.3, -0.25) is 4.90 Å². The highest BCUT2D eigenvalue weighted by Crippen LogP contribution is 2.05. The van der Waals surface area contributed by atoms with Gasteiger partial charge in [-0.05, 0) is 7.05 Å². The molecule has 1 saturated heterocycles. The molecular weight excluding hydrogens is 144 g/mol. The summed E-state index contributed by atoms with van der Waals surface area (Å²) in [5, 5.41) is 21.1. The van der Waals surface area contributed by atoms with E-state index < -0.39 is 0 Å². The molecule has 0 saturated carbocycles. The number of nitrogens with zero attached hydrogens (tertiary/aromatic N) is 1. The van der Waals surface area contributed by atoms with Crippen molar-refractivity contribution in [3.63, 3.8) is 0 Å². The van der Waals surface area contributed by atoms with Crippen LogP contribution in [0.25, 0.3) is 0 Å². The van der Waals surface area contributed by atoms with Crippen molar-refractivity contribution in [3.8, 4) is 0 Å². The van der Waals surface area contributed by atoms with Crippen LogP contribution in [0.3, 0.4) is 0 Å². The molecule has 1 aliphatic heterocycles. The number of hydrogen-bond donors (Lipinski definition) is 3. The van der Waals surface area contributed by atoms with Gasteiger partial charge in [0.1, 0.15) is 0 Å². The van der Waals surface area contributed by atoms with Crippen LogP contribution < -0.4 is 5.32 Å². The van der Waals surface area contributed by atoms with Crippen molar-refractivity contribution in [2.24, 2.45) is 0 Å². The first kappa shape index (κ1) is 8.93. The van der Waals surface area contributed by atoms with E-state index in [1.807, 2.05) is 11.9 Å². The number of nitrogens with one attached hydrogen (secondary N) is 1. The minimum absolute atomic E-state index is 0.153. The van der Waals surface area contributed by atoms with Gasteiger partial charge in [-0.2, -0.15) is 0 Å². The number of likely N-dealkylation sites (N-methyl/N-ethyl adjacent to an activating group) is 1.